The number of hydrogen-bond acceptors (Lipinski definition) is 2. The molecule has 4 rings (SSSR count). The molecular weight excluding hydrogens is 302 g/mol. The smallest absolute Gasteiger partial charge is 0.102 e. The fourth-order valence-electron chi connectivity index (χ4n) is 2.75. The summed E-state index contributed by atoms with van der Waals surface area (Å²) in [7, 11) is -2.62. The summed E-state index contributed by atoms with van der Waals surface area (Å²) in [6.45, 7) is 0. The maximum absolute atomic E-state index is 13.5. The zero-order valence-corrected chi connectivity index (χ0v) is 13.2. The van der Waals surface area contributed by atoms with E-state index in [1.807, 2.05) is 90.3 Å². The van der Waals surface area contributed by atoms with E-state index in [9.17, 15) is 4.21 Å². The van der Waals surface area contributed by atoms with Gasteiger partial charge in [-0.05, 0) is 23.8 Å². The maximum Gasteiger partial charge on any atom is 0.102 e. The molecule has 0 saturated carbocycles. The Labute approximate surface area is 136 Å². The van der Waals surface area contributed by atoms with Crippen molar-refractivity contribution < 1.29 is 4.21 Å². The molecule has 23 heavy (non-hydrogen) atoms. The fraction of sp³-hybridized carbons (Fsp3) is 0. The quantitative estimate of drug-likeness (QED) is 0.635. The lowest BCUT2D eigenvalue weighted by molar-refractivity contribution is 0.682. The Morgan fingerprint density at radius 3 is 2.04 bits per heavy atom. The minimum absolute atomic E-state index is 0.739. The van der Waals surface area contributed by atoms with Crippen molar-refractivity contribution in [1.82, 2.24) is 0 Å². The molecule has 3 aromatic carbocycles. The highest BCUT2D eigenvalue weighted by Crippen LogP contribution is 2.38. The van der Waals surface area contributed by atoms with Gasteiger partial charge in [0, 0.05) is 16.5 Å². The van der Waals surface area contributed by atoms with E-state index >= 15 is 0 Å². The van der Waals surface area contributed by atoms with Crippen LogP contribution in [-0.2, 0) is 9.73 Å². The zero-order valence-electron chi connectivity index (χ0n) is 12.4. The minimum atomic E-state index is -2.62. The molecule has 0 radical (unpaired) electrons. The summed E-state index contributed by atoms with van der Waals surface area (Å²) in [5.41, 5.74) is 3.83. The molecule has 0 aromatic heterocycles. The van der Waals surface area contributed by atoms with Crippen molar-refractivity contribution in [2.45, 2.75) is 4.90 Å². The van der Waals surface area contributed by atoms with Crippen LogP contribution in [0, 0.1) is 0 Å². The van der Waals surface area contributed by atoms with Crippen LogP contribution >= 0.6 is 0 Å². The Morgan fingerprint density at radius 2 is 1.30 bits per heavy atom. The Balaban J connectivity index is 2.02. The first-order chi connectivity index (χ1) is 11.3. The summed E-state index contributed by atoms with van der Waals surface area (Å²) in [5.74, 6) is 0. The lowest BCUT2D eigenvalue weighted by atomic mass is 9.98. The van der Waals surface area contributed by atoms with Crippen molar-refractivity contribution in [3.63, 3.8) is 0 Å². The van der Waals surface area contributed by atoms with Gasteiger partial charge in [-0.15, -0.1) is 0 Å². The van der Waals surface area contributed by atoms with Crippen LogP contribution in [0.15, 0.2) is 99.6 Å². The van der Waals surface area contributed by atoms with Crippen LogP contribution in [0.4, 0.5) is 5.69 Å². The second-order valence-electron chi connectivity index (χ2n) is 5.39. The molecule has 0 N–H and O–H groups in total. The summed E-state index contributed by atoms with van der Waals surface area (Å²) in [4.78, 5) is 0.739. The molecule has 0 aliphatic carbocycles. The molecule has 0 saturated heterocycles. The van der Waals surface area contributed by atoms with Gasteiger partial charge < -0.3 is 0 Å². The van der Waals surface area contributed by atoms with E-state index in [1.165, 1.54) is 0 Å². The SMILES string of the molecule is O=[S@]1(c2ccccc2)=Nc2ccccc2C(c2ccccc2)=C1. The Hall–Kier alpha value is -2.65. The van der Waals surface area contributed by atoms with E-state index in [2.05, 4.69) is 4.36 Å². The van der Waals surface area contributed by atoms with Crippen LogP contribution in [0.2, 0.25) is 0 Å². The van der Waals surface area contributed by atoms with Crippen LogP contribution in [0.5, 0.6) is 0 Å². The van der Waals surface area contributed by atoms with Crippen LogP contribution in [0.25, 0.3) is 5.57 Å². The third-order valence-electron chi connectivity index (χ3n) is 3.87. The van der Waals surface area contributed by atoms with Gasteiger partial charge in [0.25, 0.3) is 0 Å². The summed E-state index contributed by atoms with van der Waals surface area (Å²) in [6, 6.07) is 27.4. The number of benzene rings is 3. The van der Waals surface area contributed by atoms with Crippen molar-refractivity contribution >= 4 is 21.0 Å². The van der Waals surface area contributed by atoms with Gasteiger partial charge >= 0.3 is 0 Å². The Bertz CT molecular complexity index is 998. The highest BCUT2D eigenvalue weighted by atomic mass is 32.2. The van der Waals surface area contributed by atoms with Crippen LogP contribution in [-0.4, -0.2) is 4.21 Å². The number of hydrogen-bond donors (Lipinski definition) is 0. The van der Waals surface area contributed by atoms with Gasteiger partial charge in [-0.1, -0.05) is 66.7 Å². The molecule has 2 nitrogen and oxygen atoms in total. The first kappa shape index (κ1) is 14.0. The molecular formula is C20H15NOS. The third-order valence-corrected chi connectivity index (χ3v) is 5.84. The van der Waals surface area contributed by atoms with Crippen molar-refractivity contribution in [2.24, 2.45) is 4.36 Å². The van der Waals surface area contributed by atoms with Gasteiger partial charge in [-0.2, -0.15) is 4.36 Å². The van der Waals surface area contributed by atoms with Gasteiger partial charge in [0.15, 0.2) is 0 Å². The minimum Gasteiger partial charge on any atom is -0.240 e. The average molecular weight is 317 g/mol. The molecule has 112 valence electrons. The maximum atomic E-state index is 13.5. The third kappa shape index (κ3) is 2.49. The normalized spacial score (nSPS) is 19.4. The van der Waals surface area contributed by atoms with E-state index in [0.717, 1.165) is 27.3 Å². The van der Waals surface area contributed by atoms with E-state index in [0.29, 0.717) is 0 Å². The first-order valence-electron chi connectivity index (χ1n) is 7.45. The fourth-order valence-corrected chi connectivity index (χ4v) is 4.63. The van der Waals surface area contributed by atoms with E-state index < -0.39 is 9.73 Å². The number of fused-ring (bicyclic) bond motifs is 1. The van der Waals surface area contributed by atoms with Gasteiger partial charge in [0.1, 0.15) is 9.73 Å². The average Bonchev–Trinajstić information content (AvgIpc) is 2.62. The predicted molar refractivity (Wildman–Crippen MR) is 94.9 cm³/mol. The first-order valence-corrected chi connectivity index (χ1v) is 9.03. The van der Waals surface area contributed by atoms with Crippen LogP contribution in [0.3, 0.4) is 0 Å². The van der Waals surface area contributed by atoms with Crippen LogP contribution < -0.4 is 0 Å². The molecule has 0 fully saturated rings. The highest BCUT2D eigenvalue weighted by molar-refractivity contribution is 7.96. The van der Waals surface area contributed by atoms with Crippen molar-refractivity contribution in [3.05, 3.63) is 101 Å². The van der Waals surface area contributed by atoms with E-state index in [-0.39, 0.29) is 0 Å². The zero-order chi connectivity index (χ0) is 15.7. The number of nitrogens with zero attached hydrogens (tertiary/aromatic N) is 1. The Kier molecular flexibility index (Phi) is 3.36. The van der Waals surface area contributed by atoms with Gasteiger partial charge in [0.2, 0.25) is 0 Å². The van der Waals surface area contributed by atoms with Crippen molar-refractivity contribution in [2.75, 3.05) is 0 Å². The molecule has 0 unspecified atom stereocenters. The highest BCUT2D eigenvalue weighted by Gasteiger charge is 2.21. The van der Waals surface area contributed by atoms with Gasteiger partial charge in [-0.3, -0.25) is 0 Å². The molecule has 1 heterocycles. The lowest BCUT2D eigenvalue weighted by Gasteiger charge is -2.18. The standard InChI is InChI=1S/C20H15NOS/c22-23(17-11-5-2-6-12-17)15-19(16-9-3-1-4-10-16)18-13-7-8-14-20(18)21-23/h1-15H/t23-/m1/s1. The second kappa shape index (κ2) is 5.52. The predicted octanol–water partition coefficient (Wildman–Crippen LogP) is 5.25. The monoisotopic (exact) mass is 317 g/mol. The summed E-state index contributed by atoms with van der Waals surface area (Å²) in [6.07, 6.45) is 0. The topological polar surface area (TPSA) is 29.4 Å². The van der Waals surface area contributed by atoms with E-state index in [1.54, 1.807) is 0 Å². The summed E-state index contributed by atoms with van der Waals surface area (Å²) >= 11 is 0. The molecule has 0 bridgehead atoms. The summed E-state index contributed by atoms with van der Waals surface area (Å²) in [5, 5.41) is 1.82. The van der Waals surface area contributed by atoms with Crippen molar-refractivity contribution in [1.29, 1.82) is 0 Å². The second-order valence-corrected chi connectivity index (χ2v) is 7.41. The molecule has 1 aliphatic heterocycles. The molecule has 3 aromatic rings. The molecule has 0 amide bonds. The van der Waals surface area contributed by atoms with Crippen LogP contribution in [0.1, 0.15) is 11.1 Å². The summed E-state index contributed by atoms with van der Waals surface area (Å²) < 4.78 is 18.1. The lowest BCUT2D eigenvalue weighted by Crippen LogP contribution is -2.03. The van der Waals surface area contributed by atoms with Crippen molar-refractivity contribution in [3.8, 4) is 0 Å². The molecule has 0 spiro atoms. The van der Waals surface area contributed by atoms with Gasteiger partial charge in [-0.25, -0.2) is 4.21 Å². The Morgan fingerprint density at radius 1 is 0.696 bits per heavy atom. The largest absolute Gasteiger partial charge is 0.240 e. The van der Waals surface area contributed by atoms with Gasteiger partial charge in [0.05, 0.1) is 10.6 Å². The number of rotatable bonds is 2. The molecule has 1 aliphatic rings. The van der Waals surface area contributed by atoms with E-state index in [4.69, 9.17) is 0 Å². The molecule has 1 atom stereocenters. The molecule has 3 heteroatoms.